The van der Waals surface area contributed by atoms with E-state index in [1.54, 1.807) is 0 Å². The second kappa shape index (κ2) is 8.95. The van der Waals surface area contributed by atoms with Crippen LogP contribution in [0.4, 0.5) is 0 Å². The van der Waals surface area contributed by atoms with Gasteiger partial charge in [0.05, 0.1) is 0 Å². The van der Waals surface area contributed by atoms with Crippen LogP contribution in [-0.2, 0) is 9.59 Å². The van der Waals surface area contributed by atoms with Crippen LogP contribution < -0.4 is 0 Å². The first-order valence-electron chi connectivity index (χ1n) is 6.93. The molecule has 0 saturated carbocycles. The molecule has 0 aliphatic carbocycles. The van der Waals surface area contributed by atoms with Gasteiger partial charge in [-0.1, -0.05) is 33.1 Å². The predicted octanol–water partition coefficient (Wildman–Crippen LogP) is 2.91. The van der Waals surface area contributed by atoms with Gasteiger partial charge in [0.25, 0.3) is 0 Å². The van der Waals surface area contributed by atoms with Crippen molar-refractivity contribution in [3.05, 3.63) is 0 Å². The standard InChI is InChI=1S/C14H27NO3/c1-5-7-8-12(6-2)9-13(16)15(11(3)4)10-14(17)18/h11-12H,5-10H2,1-4H3,(H,17,18). The summed E-state index contributed by atoms with van der Waals surface area (Å²) in [4.78, 5) is 24.3. The lowest BCUT2D eigenvalue weighted by Crippen LogP contribution is -2.41. The lowest BCUT2D eigenvalue weighted by Gasteiger charge is -2.27. The Balaban J connectivity index is 4.42. The predicted molar refractivity (Wildman–Crippen MR) is 72.4 cm³/mol. The minimum absolute atomic E-state index is 0.0321. The Morgan fingerprint density at radius 2 is 1.83 bits per heavy atom. The van der Waals surface area contributed by atoms with E-state index < -0.39 is 5.97 Å². The van der Waals surface area contributed by atoms with Crippen LogP contribution in [0.1, 0.15) is 59.8 Å². The molecule has 0 aromatic carbocycles. The lowest BCUT2D eigenvalue weighted by atomic mass is 9.95. The van der Waals surface area contributed by atoms with Crippen LogP contribution in [0.3, 0.4) is 0 Å². The number of rotatable bonds is 9. The first kappa shape index (κ1) is 16.9. The van der Waals surface area contributed by atoms with E-state index in [2.05, 4.69) is 13.8 Å². The fourth-order valence-electron chi connectivity index (χ4n) is 2.01. The van der Waals surface area contributed by atoms with Gasteiger partial charge in [0, 0.05) is 12.5 Å². The Kier molecular flexibility index (Phi) is 8.42. The molecule has 1 N–H and O–H groups in total. The van der Waals surface area contributed by atoms with Crippen LogP contribution in [0.25, 0.3) is 0 Å². The summed E-state index contributed by atoms with van der Waals surface area (Å²) in [5, 5.41) is 8.82. The maximum atomic E-state index is 12.1. The monoisotopic (exact) mass is 257 g/mol. The summed E-state index contributed by atoms with van der Waals surface area (Å²) < 4.78 is 0. The Morgan fingerprint density at radius 3 is 2.22 bits per heavy atom. The smallest absolute Gasteiger partial charge is 0.323 e. The number of carbonyl (C=O) groups excluding carboxylic acids is 1. The zero-order valence-electron chi connectivity index (χ0n) is 12.1. The summed E-state index contributed by atoms with van der Waals surface area (Å²) in [5.74, 6) is -0.596. The molecule has 1 unspecified atom stereocenters. The molecule has 1 atom stereocenters. The van der Waals surface area contributed by atoms with Gasteiger partial charge in [0.1, 0.15) is 6.54 Å². The maximum Gasteiger partial charge on any atom is 0.323 e. The van der Waals surface area contributed by atoms with Crippen LogP contribution in [0, 0.1) is 5.92 Å². The van der Waals surface area contributed by atoms with Gasteiger partial charge in [-0.15, -0.1) is 0 Å². The third-order valence-electron chi connectivity index (χ3n) is 3.26. The van der Waals surface area contributed by atoms with Crippen molar-refractivity contribution < 1.29 is 14.7 Å². The summed E-state index contributed by atoms with van der Waals surface area (Å²) in [6, 6.07) is -0.0581. The topological polar surface area (TPSA) is 57.6 Å². The van der Waals surface area contributed by atoms with E-state index in [-0.39, 0.29) is 18.5 Å². The van der Waals surface area contributed by atoms with E-state index >= 15 is 0 Å². The Labute approximate surface area is 110 Å². The highest BCUT2D eigenvalue weighted by Gasteiger charge is 2.22. The molecule has 0 bridgehead atoms. The highest BCUT2D eigenvalue weighted by Crippen LogP contribution is 2.18. The number of carboxylic acids is 1. The molecule has 18 heavy (non-hydrogen) atoms. The zero-order chi connectivity index (χ0) is 14.1. The van der Waals surface area contributed by atoms with E-state index in [4.69, 9.17) is 5.11 Å². The molecular formula is C14H27NO3. The van der Waals surface area contributed by atoms with Crippen molar-refractivity contribution in [1.29, 1.82) is 0 Å². The molecule has 0 aromatic rings. The van der Waals surface area contributed by atoms with E-state index in [0.717, 1.165) is 25.7 Å². The number of hydrogen-bond acceptors (Lipinski definition) is 2. The number of amides is 1. The quantitative estimate of drug-likeness (QED) is 0.691. The molecule has 0 aliphatic heterocycles. The van der Waals surface area contributed by atoms with E-state index in [0.29, 0.717) is 12.3 Å². The SMILES string of the molecule is CCCCC(CC)CC(=O)N(CC(=O)O)C(C)C. The van der Waals surface area contributed by atoms with Crippen LogP contribution in [0.15, 0.2) is 0 Å². The van der Waals surface area contributed by atoms with Crippen molar-refractivity contribution >= 4 is 11.9 Å². The number of nitrogens with zero attached hydrogens (tertiary/aromatic N) is 1. The summed E-state index contributed by atoms with van der Waals surface area (Å²) in [7, 11) is 0. The minimum atomic E-state index is -0.946. The van der Waals surface area contributed by atoms with E-state index in [1.165, 1.54) is 4.90 Å². The first-order valence-corrected chi connectivity index (χ1v) is 6.93. The van der Waals surface area contributed by atoms with Gasteiger partial charge in [0.15, 0.2) is 0 Å². The molecule has 0 heterocycles. The molecule has 106 valence electrons. The molecule has 4 nitrogen and oxygen atoms in total. The fourth-order valence-corrected chi connectivity index (χ4v) is 2.01. The molecule has 0 spiro atoms. The number of carbonyl (C=O) groups is 2. The van der Waals surface area contributed by atoms with Crippen LogP contribution in [0.2, 0.25) is 0 Å². The zero-order valence-corrected chi connectivity index (χ0v) is 12.1. The largest absolute Gasteiger partial charge is 0.480 e. The van der Waals surface area contributed by atoms with E-state index in [9.17, 15) is 9.59 Å². The maximum absolute atomic E-state index is 12.1. The second-order valence-electron chi connectivity index (χ2n) is 5.13. The Morgan fingerprint density at radius 1 is 1.22 bits per heavy atom. The summed E-state index contributed by atoms with van der Waals surface area (Å²) in [6.07, 6.45) is 4.77. The third kappa shape index (κ3) is 6.62. The Bertz CT molecular complexity index is 264. The minimum Gasteiger partial charge on any atom is -0.480 e. The molecule has 1 amide bonds. The molecule has 0 aliphatic rings. The first-order chi connectivity index (χ1) is 8.42. The normalized spacial score (nSPS) is 12.5. The number of aliphatic carboxylic acids is 1. The molecule has 0 saturated heterocycles. The molecule has 0 radical (unpaired) electrons. The molecule has 4 heteroatoms. The average Bonchev–Trinajstić information content (AvgIpc) is 2.30. The molecule has 0 aromatic heterocycles. The number of hydrogen-bond donors (Lipinski definition) is 1. The van der Waals surface area contributed by atoms with Gasteiger partial charge in [-0.05, 0) is 26.2 Å². The number of unbranched alkanes of at least 4 members (excludes halogenated alkanes) is 1. The van der Waals surface area contributed by atoms with Crippen molar-refractivity contribution in [2.45, 2.75) is 65.8 Å². The van der Waals surface area contributed by atoms with Gasteiger partial charge >= 0.3 is 5.97 Å². The second-order valence-corrected chi connectivity index (χ2v) is 5.13. The van der Waals surface area contributed by atoms with Gasteiger partial charge in [-0.2, -0.15) is 0 Å². The van der Waals surface area contributed by atoms with Crippen molar-refractivity contribution in [3.63, 3.8) is 0 Å². The third-order valence-corrected chi connectivity index (χ3v) is 3.26. The summed E-state index contributed by atoms with van der Waals surface area (Å²) in [6.45, 7) is 7.74. The van der Waals surface area contributed by atoms with Crippen molar-refractivity contribution in [2.24, 2.45) is 5.92 Å². The van der Waals surface area contributed by atoms with Gasteiger partial charge < -0.3 is 10.0 Å². The highest BCUT2D eigenvalue weighted by molar-refractivity contribution is 5.81. The molecule has 0 rings (SSSR count). The summed E-state index contributed by atoms with van der Waals surface area (Å²) in [5.41, 5.74) is 0. The highest BCUT2D eigenvalue weighted by atomic mass is 16.4. The van der Waals surface area contributed by atoms with Crippen molar-refractivity contribution in [1.82, 2.24) is 4.90 Å². The van der Waals surface area contributed by atoms with Gasteiger partial charge in [-0.25, -0.2) is 0 Å². The van der Waals surface area contributed by atoms with Crippen LogP contribution in [-0.4, -0.2) is 34.5 Å². The molecular weight excluding hydrogens is 230 g/mol. The molecule has 0 fully saturated rings. The summed E-state index contributed by atoms with van der Waals surface area (Å²) >= 11 is 0. The Hall–Kier alpha value is -1.06. The van der Waals surface area contributed by atoms with Gasteiger partial charge in [0.2, 0.25) is 5.91 Å². The lowest BCUT2D eigenvalue weighted by molar-refractivity contribution is -0.146. The number of carboxylic acid groups (broad SMARTS) is 1. The van der Waals surface area contributed by atoms with E-state index in [1.807, 2.05) is 13.8 Å². The van der Waals surface area contributed by atoms with Crippen LogP contribution in [0.5, 0.6) is 0 Å². The van der Waals surface area contributed by atoms with Crippen molar-refractivity contribution in [3.8, 4) is 0 Å². The van der Waals surface area contributed by atoms with Crippen LogP contribution >= 0.6 is 0 Å². The fraction of sp³-hybridized carbons (Fsp3) is 0.857. The van der Waals surface area contributed by atoms with Gasteiger partial charge in [-0.3, -0.25) is 9.59 Å². The van der Waals surface area contributed by atoms with Crippen molar-refractivity contribution in [2.75, 3.05) is 6.54 Å². The average molecular weight is 257 g/mol.